The number of alkyl halides is 3. The molecule has 0 spiro atoms. The fourth-order valence-corrected chi connectivity index (χ4v) is 4.72. The molecule has 0 fully saturated rings. The van der Waals surface area contributed by atoms with Gasteiger partial charge in [0, 0.05) is 24.6 Å². The van der Waals surface area contributed by atoms with Gasteiger partial charge in [0.15, 0.2) is 15.9 Å². The van der Waals surface area contributed by atoms with Crippen molar-refractivity contribution in [1.82, 2.24) is 0 Å². The molecule has 0 radical (unpaired) electrons. The molecule has 1 aliphatic heterocycles. The molecule has 0 bridgehead atoms. The van der Waals surface area contributed by atoms with Crippen molar-refractivity contribution < 1.29 is 35.9 Å². The van der Waals surface area contributed by atoms with Gasteiger partial charge in [-0.05, 0) is 60.9 Å². The SMILES string of the molecule is CC(Oc1ccc2c(c1)N(CCc1ccc(NC(=O)Cc3ccc(S(C)(=O)=O)cc3)cc1)CCO2)C(F)(F)F. The van der Waals surface area contributed by atoms with E-state index in [0.717, 1.165) is 18.7 Å². The van der Waals surface area contributed by atoms with E-state index in [9.17, 15) is 26.4 Å². The van der Waals surface area contributed by atoms with Crippen LogP contribution in [0.5, 0.6) is 11.5 Å². The first kappa shape index (κ1) is 28.3. The van der Waals surface area contributed by atoms with E-state index in [4.69, 9.17) is 9.47 Å². The number of anilines is 2. The Hall–Kier alpha value is -3.73. The van der Waals surface area contributed by atoms with Gasteiger partial charge in [0.25, 0.3) is 0 Å². The number of hydrogen-bond donors (Lipinski definition) is 1. The van der Waals surface area contributed by atoms with Crippen LogP contribution >= 0.6 is 0 Å². The number of halogens is 3. The van der Waals surface area contributed by atoms with E-state index in [2.05, 4.69) is 10.2 Å². The molecule has 1 heterocycles. The number of sulfone groups is 1. The Morgan fingerprint density at radius 1 is 1.05 bits per heavy atom. The Morgan fingerprint density at radius 3 is 2.36 bits per heavy atom. The van der Waals surface area contributed by atoms with Crippen LogP contribution in [0, 0.1) is 0 Å². The van der Waals surface area contributed by atoms with E-state index in [1.54, 1.807) is 36.4 Å². The van der Waals surface area contributed by atoms with Crippen molar-refractivity contribution in [3.63, 3.8) is 0 Å². The highest BCUT2D eigenvalue weighted by molar-refractivity contribution is 7.90. The summed E-state index contributed by atoms with van der Waals surface area (Å²) in [7, 11) is -3.29. The summed E-state index contributed by atoms with van der Waals surface area (Å²) in [5, 5.41) is 2.84. The van der Waals surface area contributed by atoms with Crippen LogP contribution in [0.2, 0.25) is 0 Å². The van der Waals surface area contributed by atoms with Crippen molar-refractivity contribution in [2.75, 3.05) is 36.2 Å². The van der Waals surface area contributed by atoms with Crippen molar-refractivity contribution >= 4 is 27.1 Å². The number of ether oxygens (including phenoxy) is 2. The van der Waals surface area contributed by atoms with Gasteiger partial charge in [0.2, 0.25) is 5.91 Å². The van der Waals surface area contributed by atoms with Crippen molar-refractivity contribution in [1.29, 1.82) is 0 Å². The van der Waals surface area contributed by atoms with Crippen molar-refractivity contribution in [2.45, 2.75) is 36.9 Å². The molecule has 1 atom stereocenters. The number of amides is 1. The molecule has 1 N–H and O–H groups in total. The zero-order valence-corrected chi connectivity index (χ0v) is 22.3. The van der Waals surface area contributed by atoms with E-state index in [0.29, 0.717) is 48.8 Å². The molecule has 11 heteroatoms. The first-order chi connectivity index (χ1) is 18.4. The van der Waals surface area contributed by atoms with Gasteiger partial charge in [-0.1, -0.05) is 24.3 Å². The Morgan fingerprint density at radius 2 is 1.72 bits per heavy atom. The molecule has 1 aliphatic rings. The maximum atomic E-state index is 12.9. The van der Waals surface area contributed by atoms with Crippen molar-refractivity contribution in [2.24, 2.45) is 0 Å². The number of hydrogen-bond acceptors (Lipinski definition) is 6. The lowest BCUT2D eigenvalue weighted by atomic mass is 10.1. The molecule has 0 aromatic heterocycles. The third-order valence-corrected chi connectivity index (χ3v) is 7.42. The molecule has 4 rings (SSSR count). The van der Waals surface area contributed by atoms with Gasteiger partial charge >= 0.3 is 6.18 Å². The van der Waals surface area contributed by atoms with Gasteiger partial charge in [0.1, 0.15) is 18.1 Å². The zero-order chi connectivity index (χ0) is 28.2. The van der Waals surface area contributed by atoms with Crippen LogP contribution in [0.25, 0.3) is 0 Å². The van der Waals surface area contributed by atoms with Crippen LogP contribution in [0.15, 0.2) is 71.6 Å². The smallest absolute Gasteiger partial charge is 0.425 e. The van der Waals surface area contributed by atoms with Crippen LogP contribution < -0.4 is 19.7 Å². The average molecular weight is 563 g/mol. The fourth-order valence-electron chi connectivity index (χ4n) is 4.09. The molecule has 0 saturated carbocycles. The standard InChI is InChI=1S/C28H29F3N2O5S/c1-19(28(29,30)31)38-23-9-12-26-25(18-23)33(15-16-37-26)14-13-20-3-7-22(8-4-20)32-27(34)17-21-5-10-24(11-6-21)39(2,35)36/h3-12,18-19H,13-17H2,1-2H3,(H,32,34). The molecule has 0 saturated heterocycles. The second-order valence-electron chi connectivity index (χ2n) is 9.35. The van der Waals surface area contributed by atoms with Crippen LogP contribution in [-0.2, 0) is 27.5 Å². The number of nitrogens with one attached hydrogen (secondary N) is 1. The van der Waals surface area contributed by atoms with Crippen LogP contribution in [0.3, 0.4) is 0 Å². The third-order valence-electron chi connectivity index (χ3n) is 6.29. The third kappa shape index (κ3) is 7.66. The quantitative estimate of drug-likeness (QED) is 0.393. The predicted octanol–water partition coefficient (Wildman–Crippen LogP) is 5.04. The fraction of sp³-hybridized carbons (Fsp3) is 0.321. The highest BCUT2D eigenvalue weighted by Crippen LogP contribution is 2.36. The first-order valence-corrected chi connectivity index (χ1v) is 14.2. The highest BCUT2D eigenvalue weighted by atomic mass is 32.2. The lowest BCUT2D eigenvalue weighted by molar-refractivity contribution is -0.189. The van der Waals surface area contributed by atoms with E-state index < -0.39 is 22.1 Å². The van der Waals surface area contributed by atoms with Gasteiger partial charge in [0.05, 0.1) is 23.5 Å². The van der Waals surface area contributed by atoms with Crippen LogP contribution in [0.1, 0.15) is 18.1 Å². The minimum Gasteiger partial charge on any atom is -0.490 e. The summed E-state index contributed by atoms with van der Waals surface area (Å²) in [6.07, 6.45) is -4.47. The second-order valence-corrected chi connectivity index (χ2v) is 11.4. The summed E-state index contributed by atoms with van der Waals surface area (Å²) >= 11 is 0. The summed E-state index contributed by atoms with van der Waals surface area (Å²) in [4.78, 5) is 14.7. The molecule has 3 aromatic carbocycles. The molecular formula is C28H29F3N2O5S. The normalized spacial score (nSPS) is 14.2. The van der Waals surface area contributed by atoms with Gasteiger partial charge in [-0.15, -0.1) is 0 Å². The van der Waals surface area contributed by atoms with Crippen LogP contribution in [-0.4, -0.2) is 52.6 Å². The van der Waals surface area contributed by atoms with Gasteiger partial charge in [-0.3, -0.25) is 4.79 Å². The number of carbonyl (C=O) groups is 1. The van der Waals surface area contributed by atoms with E-state index in [-0.39, 0.29) is 23.0 Å². The minimum absolute atomic E-state index is 0.107. The van der Waals surface area contributed by atoms with E-state index in [1.807, 2.05) is 12.1 Å². The molecule has 1 amide bonds. The monoisotopic (exact) mass is 562 g/mol. The molecular weight excluding hydrogens is 533 g/mol. The van der Waals surface area contributed by atoms with Crippen LogP contribution in [0.4, 0.5) is 24.5 Å². The average Bonchev–Trinajstić information content (AvgIpc) is 2.87. The van der Waals surface area contributed by atoms with Crippen molar-refractivity contribution in [3.05, 3.63) is 77.9 Å². The lowest BCUT2D eigenvalue weighted by Gasteiger charge is -2.32. The summed E-state index contributed by atoms with van der Waals surface area (Å²) in [6.45, 7) is 2.64. The highest BCUT2D eigenvalue weighted by Gasteiger charge is 2.38. The predicted molar refractivity (Wildman–Crippen MR) is 142 cm³/mol. The Labute approximate surface area is 225 Å². The summed E-state index contributed by atoms with van der Waals surface area (Å²) in [5.41, 5.74) is 3.04. The van der Waals surface area contributed by atoms with Gasteiger partial charge in [-0.2, -0.15) is 13.2 Å². The topological polar surface area (TPSA) is 84.9 Å². The van der Waals surface area contributed by atoms with Crippen molar-refractivity contribution in [3.8, 4) is 11.5 Å². The maximum Gasteiger partial charge on any atom is 0.425 e. The van der Waals surface area contributed by atoms with Gasteiger partial charge in [-0.25, -0.2) is 8.42 Å². The Kier molecular flexibility index (Phi) is 8.39. The zero-order valence-electron chi connectivity index (χ0n) is 21.5. The summed E-state index contributed by atoms with van der Waals surface area (Å²) in [6, 6.07) is 18.3. The summed E-state index contributed by atoms with van der Waals surface area (Å²) in [5.74, 6) is 0.496. The maximum absolute atomic E-state index is 12.9. The molecule has 39 heavy (non-hydrogen) atoms. The molecule has 3 aromatic rings. The van der Waals surface area contributed by atoms with E-state index in [1.165, 1.54) is 18.2 Å². The number of nitrogens with zero attached hydrogens (tertiary/aromatic N) is 1. The largest absolute Gasteiger partial charge is 0.490 e. The molecule has 1 unspecified atom stereocenters. The molecule has 7 nitrogen and oxygen atoms in total. The number of rotatable bonds is 9. The number of fused-ring (bicyclic) bond motifs is 1. The first-order valence-electron chi connectivity index (χ1n) is 12.3. The Balaban J connectivity index is 1.32. The van der Waals surface area contributed by atoms with Gasteiger partial charge < -0.3 is 19.7 Å². The molecule has 0 aliphatic carbocycles. The number of benzene rings is 3. The second kappa shape index (κ2) is 11.6. The lowest BCUT2D eigenvalue weighted by Crippen LogP contribution is -2.34. The molecule has 208 valence electrons. The summed E-state index contributed by atoms with van der Waals surface area (Å²) < 4.78 is 72.6. The Bertz CT molecular complexity index is 1410. The van der Waals surface area contributed by atoms with E-state index >= 15 is 0 Å². The minimum atomic E-state index is -4.46. The number of carbonyl (C=O) groups excluding carboxylic acids is 1.